The summed E-state index contributed by atoms with van der Waals surface area (Å²) >= 11 is 0. The molecular formula is C19H24N2O3S. The van der Waals surface area contributed by atoms with Crippen molar-refractivity contribution in [1.82, 2.24) is 0 Å². The van der Waals surface area contributed by atoms with Gasteiger partial charge in [0.2, 0.25) is 15.9 Å². The summed E-state index contributed by atoms with van der Waals surface area (Å²) in [5.41, 5.74) is 5.06. The van der Waals surface area contributed by atoms with Crippen molar-refractivity contribution in [3.05, 3.63) is 58.7 Å². The van der Waals surface area contributed by atoms with Gasteiger partial charge >= 0.3 is 0 Å². The van der Waals surface area contributed by atoms with Crippen molar-refractivity contribution in [2.24, 2.45) is 0 Å². The molecule has 0 radical (unpaired) electrons. The molecule has 6 heteroatoms. The van der Waals surface area contributed by atoms with Gasteiger partial charge in [0.15, 0.2) is 0 Å². The van der Waals surface area contributed by atoms with Crippen molar-refractivity contribution in [3.8, 4) is 0 Å². The molecule has 2 aromatic carbocycles. The van der Waals surface area contributed by atoms with Crippen LogP contribution < -0.4 is 9.62 Å². The molecular weight excluding hydrogens is 336 g/mol. The first-order chi connectivity index (χ1) is 11.6. The molecule has 0 aromatic heterocycles. The Labute approximate surface area is 149 Å². The molecule has 1 amide bonds. The van der Waals surface area contributed by atoms with Gasteiger partial charge in [-0.25, -0.2) is 8.42 Å². The van der Waals surface area contributed by atoms with Crippen LogP contribution >= 0.6 is 0 Å². The Balaban J connectivity index is 2.29. The summed E-state index contributed by atoms with van der Waals surface area (Å²) in [6.07, 6.45) is 1.11. The molecule has 0 atom stereocenters. The lowest BCUT2D eigenvalue weighted by Crippen LogP contribution is -2.38. The third-order valence-corrected chi connectivity index (χ3v) is 5.31. The van der Waals surface area contributed by atoms with E-state index in [2.05, 4.69) is 5.32 Å². The molecule has 2 rings (SSSR count). The van der Waals surface area contributed by atoms with Gasteiger partial charge in [0.05, 0.1) is 11.9 Å². The first kappa shape index (κ1) is 19.0. The fraction of sp³-hybridized carbons (Fsp3) is 0.316. The number of sulfonamides is 1. The van der Waals surface area contributed by atoms with Crippen LogP contribution in [0.1, 0.15) is 22.3 Å². The van der Waals surface area contributed by atoms with E-state index in [1.165, 1.54) is 0 Å². The molecule has 0 aliphatic heterocycles. The Morgan fingerprint density at radius 2 is 1.72 bits per heavy atom. The van der Waals surface area contributed by atoms with E-state index in [1.54, 1.807) is 12.1 Å². The Bertz CT molecular complexity index is 905. The molecule has 0 fully saturated rings. The van der Waals surface area contributed by atoms with Crippen molar-refractivity contribution in [2.75, 3.05) is 22.4 Å². The third kappa shape index (κ3) is 4.60. The number of aryl methyl sites for hydroxylation is 3. The van der Waals surface area contributed by atoms with Crippen LogP contribution in [0.15, 0.2) is 36.4 Å². The van der Waals surface area contributed by atoms with Crippen LogP contribution in [-0.4, -0.2) is 27.1 Å². The van der Waals surface area contributed by atoms with E-state index in [0.717, 1.165) is 32.8 Å². The molecule has 0 bridgehead atoms. The summed E-state index contributed by atoms with van der Waals surface area (Å²) in [5.74, 6) is -0.377. The normalized spacial score (nSPS) is 11.2. The first-order valence-electron chi connectivity index (χ1n) is 8.00. The molecule has 0 spiro atoms. The lowest BCUT2D eigenvalue weighted by Gasteiger charge is -2.24. The fourth-order valence-corrected chi connectivity index (χ4v) is 3.57. The summed E-state index contributed by atoms with van der Waals surface area (Å²) in [4.78, 5) is 12.5. The molecule has 2 aromatic rings. The zero-order valence-corrected chi connectivity index (χ0v) is 16.1. The van der Waals surface area contributed by atoms with Gasteiger partial charge in [0, 0.05) is 5.69 Å². The minimum Gasteiger partial charge on any atom is -0.324 e. The maximum Gasteiger partial charge on any atom is 0.245 e. The summed E-state index contributed by atoms with van der Waals surface area (Å²) in [5, 5.41) is 2.80. The Morgan fingerprint density at radius 1 is 1.04 bits per heavy atom. The minimum atomic E-state index is -3.59. The van der Waals surface area contributed by atoms with Crippen LogP contribution in [0.4, 0.5) is 11.4 Å². The number of hydrogen-bond donors (Lipinski definition) is 1. The largest absolute Gasteiger partial charge is 0.324 e. The molecule has 0 heterocycles. The highest BCUT2D eigenvalue weighted by Gasteiger charge is 2.23. The van der Waals surface area contributed by atoms with E-state index < -0.39 is 10.0 Å². The van der Waals surface area contributed by atoms with Gasteiger partial charge in [-0.1, -0.05) is 29.8 Å². The Morgan fingerprint density at radius 3 is 2.32 bits per heavy atom. The molecule has 25 heavy (non-hydrogen) atoms. The van der Waals surface area contributed by atoms with Gasteiger partial charge in [0.1, 0.15) is 6.54 Å². The molecule has 0 aliphatic rings. The van der Waals surface area contributed by atoms with Gasteiger partial charge in [-0.15, -0.1) is 0 Å². The maximum atomic E-state index is 12.5. The van der Waals surface area contributed by atoms with Crippen molar-refractivity contribution in [1.29, 1.82) is 0 Å². The molecule has 0 saturated heterocycles. The van der Waals surface area contributed by atoms with Crippen molar-refractivity contribution >= 4 is 27.3 Å². The van der Waals surface area contributed by atoms with Crippen LogP contribution in [0.3, 0.4) is 0 Å². The second kappa shape index (κ2) is 7.27. The van der Waals surface area contributed by atoms with Crippen molar-refractivity contribution < 1.29 is 13.2 Å². The SMILES string of the molecule is Cc1ccc(NC(=O)CN(c2cccc(C)c2C)S(C)(=O)=O)c(C)c1. The summed E-state index contributed by atoms with van der Waals surface area (Å²) in [6, 6.07) is 11.1. The molecule has 1 N–H and O–H groups in total. The molecule has 0 unspecified atom stereocenters. The number of anilines is 2. The summed E-state index contributed by atoms with van der Waals surface area (Å²) in [7, 11) is -3.59. The summed E-state index contributed by atoms with van der Waals surface area (Å²) in [6.45, 7) is 7.38. The number of rotatable bonds is 5. The highest BCUT2D eigenvalue weighted by Crippen LogP contribution is 2.25. The van der Waals surface area contributed by atoms with Gasteiger partial charge in [-0.2, -0.15) is 0 Å². The molecule has 0 aliphatic carbocycles. The second-order valence-electron chi connectivity index (χ2n) is 6.36. The number of carbonyl (C=O) groups excluding carboxylic acids is 1. The number of nitrogens with zero attached hydrogens (tertiary/aromatic N) is 1. The van der Waals surface area contributed by atoms with E-state index in [-0.39, 0.29) is 12.5 Å². The monoisotopic (exact) mass is 360 g/mol. The quantitative estimate of drug-likeness (QED) is 0.889. The smallest absolute Gasteiger partial charge is 0.245 e. The average molecular weight is 360 g/mol. The Kier molecular flexibility index (Phi) is 5.52. The summed E-state index contributed by atoms with van der Waals surface area (Å²) < 4.78 is 25.6. The average Bonchev–Trinajstić information content (AvgIpc) is 2.50. The van der Waals surface area contributed by atoms with Gasteiger partial charge in [0.25, 0.3) is 0 Å². The number of carbonyl (C=O) groups is 1. The van der Waals surface area contributed by atoms with Crippen LogP contribution in [0, 0.1) is 27.7 Å². The molecule has 5 nitrogen and oxygen atoms in total. The van der Waals surface area contributed by atoms with E-state index in [9.17, 15) is 13.2 Å². The maximum absolute atomic E-state index is 12.5. The number of amides is 1. The number of hydrogen-bond acceptors (Lipinski definition) is 3. The third-order valence-electron chi connectivity index (χ3n) is 4.19. The first-order valence-corrected chi connectivity index (χ1v) is 9.85. The highest BCUT2D eigenvalue weighted by atomic mass is 32.2. The second-order valence-corrected chi connectivity index (χ2v) is 8.26. The Hall–Kier alpha value is -2.34. The standard InChI is InChI=1S/C19H24N2O3S/c1-13-9-10-17(15(3)11-13)20-19(22)12-21(25(5,23)24)18-8-6-7-14(2)16(18)4/h6-11H,12H2,1-5H3,(H,20,22). The van der Waals surface area contributed by atoms with Gasteiger partial charge < -0.3 is 5.32 Å². The fourth-order valence-electron chi connectivity index (χ4n) is 2.66. The topological polar surface area (TPSA) is 66.5 Å². The zero-order chi connectivity index (χ0) is 18.8. The van der Waals surface area contributed by atoms with Gasteiger partial charge in [-0.05, 0) is 56.5 Å². The zero-order valence-electron chi connectivity index (χ0n) is 15.3. The lowest BCUT2D eigenvalue weighted by atomic mass is 10.1. The van der Waals surface area contributed by atoms with E-state index in [1.807, 2.05) is 52.0 Å². The predicted octanol–water partition coefficient (Wildman–Crippen LogP) is 3.32. The molecule has 134 valence electrons. The lowest BCUT2D eigenvalue weighted by molar-refractivity contribution is -0.114. The van der Waals surface area contributed by atoms with E-state index >= 15 is 0 Å². The van der Waals surface area contributed by atoms with Crippen LogP contribution in [0.25, 0.3) is 0 Å². The van der Waals surface area contributed by atoms with E-state index in [4.69, 9.17) is 0 Å². The predicted molar refractivity (Wildman–Crippen MR) is 103 cm³/mol. The van der Waals surface area contributed by atoms with Crippen LogP contribution in [-0.2, 0) is 14.8 Å². The highest BCUT2D eigenvalue weighted by molar-refractivity contribution is 7.92. The van der Waals surface area contributed by atoms with Crippen molar-refractivity contribution in [2.45, 2.75) is 27.7 Å². The van der Waals surface area contributed by atoms with Gasteiger partial charge in [-0.3, -0.25) is 9.10 Å². The minimum absolute atomic E-state index is 0.267. The van der Waals surface area contributed by atoms with Crippen LogP contribution in [0.2, 0.25) is 0 Å². The number of nitrogens with one attached hydrogen (secondary N) is 1. The van der Waals surface area contributed by atoms with Crippen LogP contribution in [0.5, 0.6) is 0 Å². The molecule has 0 saturated carbocycles. The van der Waals surface area contributed by atoms with Crippen molar-refractivity contribution in [3.63, 3.8) is 0 Å². The number of benzene rings is 2. The van der Waals surface area contributed by atoms with E-state index in [0.29, 0.717) is 11.4 Å².